The quantitative estimate of drug-likeness (QED) is 0.921. The van der Waals surface area contributed by atoms with Gasteiger partial charge in [0.15, 0.2) is 0 Å². The molecule has 0 atom stereocenters. The Morgan fingerprint density at radius 3 is 2.47 bits per heavy atom. The minimum atomic E-state index is 0.341. The fourth-order valence-electron chi connectivity index (χ4n) is 1.45. The van der Waals surface area contributed by atoms with Gasteiger partial charge in [-0.05, 0) is 31.2 Å². The maximum absolute atomic E-state index is 5.89. The summed E-state index contributed by atoms with van der Waals surface area (Å²) in [6, 6.07) is 8.22. The van der Waals surface area contributed by atoms with Crippen LogP contribution in [0.15, 0.2) is 30.3 Å². The maximum Gasteiger partial charge on any atom is 0.240 e. The highest BCUT2D eigenvalue weighted by Crippen LogP contribution is 2.29. The summed E-state index contributed by atoms with van der Waals surface area (Å²) in [5, 5.41) is 0.978. The standard InChI is InChI=1S/C13H12Cl2N2O2/c1-2-18-13-11(16)3-4-12(17-13)19-10-6-8(14)5-9(15)7-10/h3-7H,2,16H2,1H3. The van der Waals surface area contributed by atoms with E-state index in [1.165, 1.54) is 0 Å². The largest absolute Gasteiger partial charge is 0.476 e. The van der Waals surface area contributed by atoms with E-state index in [1.54, 1.807) is 30.3 Å². The van der Waals surface area contributed by atoms with E-state index in [2.05, 4.69) is 4.98 Å². The zero-order valence-electron chi connectivity index (χ0n) is 10.2. The van der Waals surface area contributed by atoms with Gasteiger partial charge in [-0.1, -0.05) is 23.2 Å². The van der Waals surface area contributed by atoms with Crippen LogP contribution in [-0.2, 0) is 0 Å². The molecule has 100 valence electrons. The molecule has 0 amide bonds. The van der Waals surface area contributed by atoms with E-state index in [1.807, 2.05) is 6.92 Å². The highest BCUT2D eigenvalue weighted by molar-refractivity contribution is 6.34. The first-order valence-corrected chi connectivity index (χ1v) is 6.37. The molecule has 0 aliphatic carbocycles. The molecule has 0 saturated heterocycles. The molecular weight excluding hydrogens is 287 g/mol. The second-order valence-electron chi connectivity index (χ2n) is 3.68. The number of hydrogen-bond donors (Lipinski definition) is 1. The first kappa shape index (κ1) is 13.8. The van der Waals surface area contributed by atoms with Crippen LogP contribution in [0.4, 0.5) is 5.69 Å². The van der Waals surface area contributed by atoms with Gasteiger partial charge in [-0.25, -0.2) is 0 Å². The molecule has 0 spiro atoms. The SMILES string of the molecule is CCOc1nc(Oc2cc(Cl)cc(Cl)c2)ccc1N. The smallest absolute Gasteiger partial charge is 0.240 e. The molecule has 6 heteroatoms. The number of benzene rings is 1. The van der Waals surface area contributed by atoms with Gasteiger partial charge in [0.1, 0.15) is 5.75 Å². The topological polar surface area (TPSA) is 57.4 Å². The first-order chi connectivity index (χ1) is 9.08. The van der Waals surface area contributed by atoms with Gasteiger partial charge in [-0.3, -0.25) is 0 Å². The molecule has 4 nitrogen and oxygen atoms in total. The lowest BCUT2D eigenvalue weighted by molar-refractivity contribution is 0.323. The Balaban J connectivity index is 2.25. The number of nitrogen functional groups attached to an aromatic ring is 1. The van der Waals surface area contributed by atoms with Crippen LogP contribution in [0.5, 0.6) is 17.5 Å². The Morgan fingerprint density at radius 2 is 1.84 bits per heavy atom. The Labute approximate surface area is 121 Å². The van der Waals surface area contributed by atoms with Gasteiger partial charge in [0.2, 0.25) is 11.8 Å². The van der Waals surface area contributed by atoms with Crippen LogP contribution in [0.25, 0.3) is 0 Å². The van der Waals surface area contributed by atoms with Crippen molar-refractivity contribution in [2.75, 3.05) is 12.3 Å². The third-order valence-electron chi connectivity index (χ3n) is 2.20. The highest BCUT2D eigenvalue weighted by atomic mass is 35.5. The fraction of sp³-hybridized carbons (Fsp3) is 0.154. The molecule has 2 rings (SSSR count). The summed E-state index contributed by atoms with van der Waals surface area (Å²) in [5.41, 5.74) is 6.19. The summed E-state index contributed by atoms with van der Waals surface area (Å²) in [6.45, 7) is 2.33. The molecule has 1 aromatic heterocycles. The molecule has 0 radical (unpaired) electrons. The van der Waals surface area contributed by atoms with E-state index in [9.17, 15) is 0 Å². The van der Waals surface area contributed by atoms with Gasteiger partial charge in [-0.2, -0.15) is 4.98 Å². The summed E-state index contributed by atoms with van der Waals surface area (Å²) < 4.78 is 10.9. The maximum atomic E-state index is 5.89. The minimum Gasteiger partial charge on any atom is -0.476 e. The van der Waals surface area contributed by atoms with E-state index >= 15 is 0 Å². The van der Waals surface area contributed by atoms with E-state index in [0.29, 0.717) is 39.8 Å². The van der Waals surface area contributed by atoms with Gasteiger partial charge in [0.25, 0.3) is 0 Å². The Morgan fingerprint density at radius 1 is 1.16 bits per heavy atom. The van der Waals surface area contributed by atoms with Gasteiger partial charge >= 0.3 is 0 Å². The number of ether oxygens (including phenoxy) is 2. The Bertz CT molecular complexity index is 571. The van der Waals surface area contributed by atoms with Gasteiger partial charge in [0, 0.05) is 16.1 Å². The van der Waals surface area contributed by atoms with Gasteiger partial charge in [-0.15, -0.1) is 0 Å². The van der Waals surface area contributed by atoms with E-state index in [0.717, 1.165) is 0 Å². The van der Waals surface area contributed by atoms with E-state index < -0.39 is 0 Å². The summed E-state index contributed by atoms with van der Waals surface area (Å²) >= 11 is 11.8. The number of halogens is 2. The number of anilines is 1. The molecule has 0 aliphatic rings. The van der Waals surface area contributed by atoms with Crippen molar-refractivity contribution >= 4 is 28.9 Å². The van der Waals surface area contributed by atoms with Crippen molar-refractivity contribution in [2.24, 2.45) is 0 Å². The lowest BCUT2D eigenvalue weighted by Gasteiger charge is -2.09. The average molecular weight is 299 g/mol. The zero-order valence-corrected chi connectivity index (χ0v) is 11.7. The van der Waals surface area contributed by atoms with Gasteiger partial charge < -0.3 is 15.2 Å². The van der Waals surface area contributed by atoms with Crippen LogP contribution in [0.3, 0.4) is 0 Å². The summed E-state index contributed by atoms with van der Waals surface area (Å²) in [7, 11) is 0. The zero-order chi connectivity index (χ0) is 13.8. The molecule has 0 saturated carbocycles. The molecule has 0 fully saturated rings. The first-order valence-electron chi connectivity index (χ1n) is 5.61. The van der Waals surface area contributed by atoms with Crippen LogP contribution in [-0.4, -0.2) is 11.6 Å². The third kappa shape index (κ3) is 3.66. The monoisotopic (exact) mass is 298 g/mol. The van der Waals surface area contributed by atoms with Crippen LogP contribution < -0.4 is 15.2 Å². The number of aromatic nitrogens is 1. The number of rotatable bonds is 4. The molecule has 2 N–H and O–H groups in total. The van der Waals surface area contributed by atoms with Crippen molar-refractivity contribution in [3.63, 3.8) is 0 Å². The van der Waals surface area contributed by atoms with Crippen molar-refractivity contribution in [1.29, 1.82) is 0 Å². The van der Waals surface area contributed by atoms with Crippen molar-refractivity contribution in [3.05, 3.63) is 40.4 Å². The predicted octanol–water partition coefficient (Wildman–Crippen LogP) is 4.16. The van der Waals surface area contributed by atoms with Crippen molar-refractivity contribution in [3.8, 4) is 17.5 Å². The van der Waals surface area contributed by atoms with Crippen LogP contribution in [0, 0.1) is 0 Å². The highest BCUT2D eigenvalue weighted by Gasteiger charge is 2.07. The van der Waals surface area contributed by atoms with Crippen LogP contribution in [0.2, 0.25) is 10.0 Å². The number of nitrogens with two attached hydrogens (primary N) is 1. The minimum absolute atomic E-state index is 0.341. The lowest BCUT2D eigenvalue weighted by Crippen LogP contribution is -2.00. The molecule has 2 aromatic rings. The number of pyridine rings is 1. The number of nitrogens with zero attached hydrogens (tertiary/aromatic N) is 1. The summed E-state index contributed by atoms with van der Waals surface area (Å²) in [4.78, 5) is 4.16. The second-order valence-corrected chi connectivity index (χ2v) is 4.56. The molecular formula is C13H12Cl2N2O2. The lowest BCUT2D eigenvalue weighted by atomic mass is 10.3. The summed E-state index contributed by atoms with van der Waals surface area (Å²) in [5.74, 6) is 1.20. The Hall–Kier alpha value is -1.65. The molecule has 0 unspecified atom stereocenters. The van der Waals surface area contributed by atoms with Crippen molar-refractivity contribution in [2.45, 2.75) is 6.92 Å². The molecule has 0 aliphatic heterocycles. The second kappa shape index (κ2) is 5.99. The number of hydrogen-bond acceptors (Lipinski definition) is 4. The molecule has 1 aromatic carbocycles. The van der Waals surface area contributed by atoms with Crippen LogP contribution in [0.1, 0.15) is 6.92 Å². The third-order valence-corrected chi connectivity index (χ3v) is 2.64. The van der Waals surface area contributed by atoms with E-state index in [-0.39, 0.29) is 0 Å². The molecule has 0 bridgehead atoms. The van der Waals surface area contributed by atoms with Crippen LogP contribution >= 0.6 is 23.2 Å². The predicted molar refractivity (Wildman–Crippen MR) is 76.4 cm³/mol. The summed E-state index contributed by atoms with van der Waals surface area (Å²) in [6.07, 6.45) is 0. The van der Waals surface area contributed by atoms with Crippen molar-refractivity contribution < 1.29 is 9.47 Å². The average Bonchev–Trinajstić information content (AvgIpc) is 2.32. The Kier molecular flexibility index (Phi) is 4.35. The normalized spacial score (nSPS) is 10.3. The van der Waals surface area contributed by atoms with Crippen molar-refractivity contribution in [1.82, 2.24) is 4.98 Å². The molecule has 1 heterocycles. The van der Waals surface area contributed by atoms with Gasteiger partial charge in [0.05, 0.1) is 12.3 Å². The fourth-order valence-corrected chi connectivity index (χ4v) is 1.96. The van der Waals surface area contributed by atoms with E-state index in [4.69, 9.17) is 38.4 Å². The molecule has 19 heavy (non-hydrogen) atoms.